The van der Waals surface area contributed by atoms with Crippen molar-refractivity contribution in [3.8, 4) is 0 Å². The molecule has 2 aromatic rings. The van der Waals surface area contributed by atoms with Crippen LogP contribution in [0.25, 0.3) is 0 Å². The van der Waals surface area contributed by atoms with Crippen LogP contribution >= 0.6 is 11.3 Å². The Morgan fingerprint density at radius 3 is 2.94 bits per heavy atom. The molecule has 0 bridgehead atoms. The third-order valence-corrected chi connectivity index (χ3v) is 2.80. The Hall–Kier alpha value is -2.28. The van der Waals surface area contributed by atoms with Crippen LogP contribution in [0.3, 0.4) is 0 Å². The van der Waals surface area contributed by atoms with Gasteiger partial charge in [0.1, 0.15) is 5.82 Å². The molecule has 0 aliphatic carbocycles. The van der Waals surface area contributed by atoms with E-state index in [0.717, 1.165) is 11.3 Å². The average Bonchev–Trinajstić information content (AvgIpc) is 2.79. The lowest BCUT2D eigenvalue weighted by atomic mass is 10.5. The van der Waals surface area contributed by atoms with Crippen molar-refractivity contribution >= 4 is 28.4 Å². The Balaban J connectivity index is 1.98. The van der Waals surface area contributed by atoms with Gasteiger partial charge < -0.3 is 0 Å². The Bertz CT molecular complexity index is 538. The van der Waals surface area contributed by atoms with Gasteiger partial charge in [-0.05, 0) is 18.2 Å². The Morgan fingerprint density at radius 2 is 2.29 bits per heavy atom. The SMILES string of the molecule is O=[N+]([O-])c1ccc(/C=N/Nc2ccccn2)s1. The second kappa shape index (κ2) is 5.17. The Labute approximate surface area is 101 Å². The second-order valence-corrected chi connectivity index (χ2v) is 4.11. The third kappa shape index (κ3) is 3.08. The minimum atomic E-state index is -0.422. The summed E-state index contributed by atoms with van der Waals surface area (Å²) in [4.78, 5) is 14.8. The molecule has 0 saturated carbocycles. The lowest BCUT2D eigenvalue weighted by molar-refractivity contribution is -0.380. The normalized spacial score (nSPS) is 10.6. The quantitative estimate of drug-likeness (QED) is 0.512. The summed E-state index contributed by atoms with van der Waals surface area (Å²) >= 11 is 1.07. The van der Waals surface area contributed by atoms with E-state index in [1.54, 1.807) is 24.4 Å². The first kappa shape index (κ1) is 11.2. The predicted molar refractivity (Wildman–Crippen MR) is 66.4 cm³/mol. The highest BCUT2D eigenvalue weighted by Crippen LogP contribution is 2.22. The maximum absolute atomic E-state index is 10.5. The van der Waals surface area contributed by atoms with Crippen molar-refractivity contribution in [2.24, 2.45) is 5.10 Å². The van der Waals surface area contributed by atoms with Gasteiger partial charge in [-0.15, -0.1) is 0 Å². The average molecular weight is 248 g/mol. The van der Waals surface area contributed by atoms with Crippen molar-refractivity contribution < 1.29 is 4.92 Å². The van der Waals surface area contributed by atoms with Crippen LogP contribution in [0.1, 0.15) is 4.88 Å². The van der Waals surface area contributed by atoms with Gasteiger partial charge in [-0.1, -0.05) is 17.4 Å². The number of rotatable bonds is 4. The summed E-state index contributed by atoms with van der Waals surface area (Å²) in [5.74, 6) is 0.620. The number of hydrogen-bond acceptors (Lipinski definition) is 6. The number of anilines is 1. The van der Waals surface area contributed by atoms with Gasteiger partial charge in [0.25, 0.3) is 0 Å². The molecule has 2 heterocycles. The lowest BCUT2D eigenvalue weighted by Gasteiger charge is -1.95. The molecule has 0 atom stereocenters. The maximum atomic E-state index is 10.5. The molecule has 0 saturated heterocycles. The zero-order valence-corrected chi connectivity index (χ0v) is 9.42. The standard InChI is InChI=1S/C10H8N4O2S/c15-14(16)10-5-4-8(17-10)7-12-13-9-3-1-2-6-11-9/h1-7H,(H,11,13)/b12-7+. The predicted octanol–water partition coefficient (Wildman–Crippen LogP) is 2.50. The third-order valence-electron chi connectivity index (χ3n) is 1.83. The summed E-state index contributed by atoms with van der Waals surface area (Å²) in [5, 5.41) is 14.5. The molecule has 0 aromatic carbocycles. The molecule has 7 heteroatoms. The summed E-state index contributed by atoms with van der Waals surface area (Å²) in [6.45, 7) is 0. The number of pyridine rings is 1. The van der Waals surface area contributed by atoms with Gasteiger partial charge >= 0.3 is 5.00 Å². The molecule has 2 aromatic heterocycles. The van der Waals surface area contributed by atoms with Gasteiger partial charge in [-0.25, -0.2) is 4.98 Å². The zero-order chi connectivity index (χ0) is 12.1. The number of hydrazone groups is 1. The molecule has 0 radical (unpaired) electrons. The van der Waals surface area contributed by atoms with E-state index < -0.39 is 4.92 Å². The topological polar surface area (TPSA) is 80.4 Å². The van der Waals surface area contributed by atoms with E-state index >= 15 is 0 Å². The number of nitro groups is 1. The summed E-state index contributed by atoms with van der Waals surface area (Å²) in [7, 11) is 0. The molecule has 6 nitrogen and oxygen atoms in total. The van der Waals surface area contributed by atoms with Crippen molar-refractivity contribution in [2.45, 2.75) is 0 Å². The van der Waals surface area contributed by atoms with Crippen LogP contribution in [0.4, 0.5) is 10.8 Å². The molecule has 17 heavy (non-hydrogen) atoms. The van der Waals surface area contributed by atoms with Gasteiger partial charge in [0, 0.05) is 12.3 Å². The molecule has 2 rings (SSSR count). The van der Waals surface area contributed by atoms with Crippen molar-refractivity contribution in [1.29, 1.82) is 0 Å². The van der Waals surface area contributed by atoms with E-state index in [0.29, 0.717) is 10.7 Å². The highest BCUT2D eigenvalue weighted by atomic mass is 32.1. The molecule has 0 aliphatic heterocycles. The van der Waals surface area contributed by atoms with Gasteiger partial charge in [0.2, 0.25) is 0 Å². The summed E-state index contributed by atoms with van der Waals surface area (Å²) in [6.07, 6.45) is 3.17. The highest BCUT2D eigenvalue weighted by Gasteiger charge is 2.07. The molecule has 0 amide bonds. The van der Waals surface area contributed by atoms with Crippen LogP contribution in [0, 0.1) is 10.1 Å². The summed E-state index contributed by atoms with van der Waals surface area (Å²) in [5.41, 5.74) is 2.73. The smallest absolute Gasteiger partial charge is 0.261 e. The molecule has 0 unspecified atom stereocenters. The molecule has 86 valence electrons. The van der Waals surface area contributed by atoms with Crippen molar-refractivity contribution in [1.82, 2.24) is 4.98 Å². The first-order chi connectivity index (χ1) is 8.25. The monoisotopic (exact) mass is 248 g/mol. The van der Waals surface area contributed by atoms with Crippen LogP contribution in [-0.2, 0) is 0 Å². The minimum absolute atomic E-state index is 0.101. The van der Waals surface area contributed by atoms with Crippen LogP contribution in [0.2, 0.25) is 0 Å². The molecular weight excluding hydrogens is 240 g/mol. The minimum Gasteiger partial charge on any atom is -0.261 e. The van der Waals surface area contributed by atoms with Gasteiger partial charge in [-0.3, -0.25) is 15.5 Å². The summed E-state index contributed by atoms with van der Waals surface area (Å²) < 4.78 is 0. The number of aromatic nitrogens is 1. The maximum Gasteiger partial charge on any atom is 0.324 e. The van der Waals surface area contributed by atoms with Crippen molar-refractivity contribution in [3.63, 3.8) is 0 Å². The molecule has 0 fully saturated rings. The molecular formula is C10H8N4O2S. The van der Waals surface area contributed by atoms with E-state index in [9.17, 15) is 10.1 Å². The van der Waals surface area contributed by atoms with Gasteiger partial charge in [0.05, 0.1) is 16.0 Å². The van der Waals surface area contributed by atoms with E-state index in [1.165, 1.54) is 12.3 Å². The fourth-order valence-corrected chi connectivity index (χ4v) is 1.79. The lowest BCUT2D eigenvalue weighted by Crippen LogP contribution is -1.91. The number of hydrogen-bond donors (Lipinski definition) is 1. The van der Waals surface area contributed by atoms with Crippen LogP contribution in [-0.4, -0.2) is 16.1 Å². The fraction of sp³-hybridized carbons (Fsp3) is 0. The van der Waals surface area contributed by atoms with Gasteiger partial charge in [-0.2, -0.15) is 5.10 Å². The van der Waals surface area contributed by atoms with E-state index in [2.05, 4.69) is 15.5 Å². The Kier molecular flexibility index (Phi) is 3.41. The largest absolute Gasteiger partial charge is 0.324 e. The van der Waals surface area contributed by atoms with E-state index in [-0.39, 0.29) is 5.00 Å². The molecule has 1 N–H and O–H groups in total. The molecule has 0 spiro atoms. The highest BCUT2D eigenvalue weighted by molar-refractivity contribution is 7.16. The zero-order valence-electron chi connectivity index (χ0n) is 8.61. The van der Waals surface area contributed by atoms with Gasteiger partial charge in [0.15, 0.2) is 0 Å². The van der Waals surface area contributed by atoms with Crippen molar-refractivity contribution in [3.05, 3.63) is 51.5 Å². The number of nitrogens with one attached hydrogen (secondary N) is 1. The van der Waals surface area contributed by atoms with E-state index in [4.69, 9.17) is 0 Å². The first-order valence-corrected chi connectivity index (χ1v) is 5.52. The van der Waals surface area contributed by atoms with Crippen molar-refractivity contribution in [2.75, 3.05) is 5.43 Å². The van der Waals surface area contributed by atoms with E-state index in [1.807, 2.05) is 6.07 Å². The fourth-order valence-electron chi connectivity index (χ4n) is 1.10. The number of nitrogens with zero attached hydrogens (tertiary/aromatic N) is 3. The first-order valence-electron chi connectivity index (χ1n) is 4.70. The molecule has 0 aliphatic rings. The van der Waals surface area contributed by atoms with Crippen LogP contribution < -0.4 is 5.43 Å². The van der Waals surface area contributed by atoms with Crippen LogP contribution in [0.5, 0.6) is 0 Å². The number of thiophene rings is 1. The summed E-state index contributed by atoms with van der Waals surface area (Å²) in [6, 6.07) is 8.51. The second-order valence-electron chi connectivity index (χ2n) is 3.02. The Morgan fingerprint density at radius 1 is 1.41 bits per heavy atom. The van der Waals surface area contributed by atoms with Crippen LogP contribution in [0.15, 0.2) is 41.6 Å².